The summed E-state index contributed by atoms with van der Waals surface area (Å²) in [5.74, 6) is 0.731. The maximum absolute atomic E-state index is 12.4. The number of methoxy groups -OCH3 is 1. The van der Waals surface area contributed by atoms with Crippen LogP contribution in [0, 0.1) is 0 Å². The summed E-state index contributed by atoms with van der Waals surface area (Å²) >= 11 is 0. The van der Waals surface area contributed by atoms with E-state index in [9.17, 15) is 4.79 Å². The van der Waals surface area contributed by atoms with Crippen molar-refractivity contribution in [3.05, 3.63) is 59.9 Å². The van der Waals surface area contributed by atoms with Gasteiger partial charge >= 0.3 is 0 Å². The Labute approximate surface area is 153 Å². The van der Waals surface area contributed by atoms with Crippen molar-refractivity contribution in [1.82, 2.24) is 10.3 Å². The fourth-order valence-electron chi connectivity index (χ4n) is 2.91. The number of benzene rings is 1. The summed E-state index contributed by atoms with van der Waals surface area (Å²) < 4.78 is 16.6. The molecule has 1 aliphatic rings. The molecule has 1 aromatic heterocycles. The lowest BCUT2D eigenvalue weighted by molar-refractivity contribution is -0.125. The zero-order valence-corrected chi connectivity index (χ0v) is 14.9. The van der Waals surface area contributed by atoms with Gasteiger partial charge in [-0.15, -0.1) is 0 Å². The summed E-state index contributed by atoms with van der Waals surface area (Å²) in [7, 11) is 1.62. The summed E-state index contributed by atoms with van der Waals surface area (Å²) in [6, 6.07) is 13.1. The summed E-state index contributed by atoms with van der Waals surface area (Å²) in [5.41, 5.74) is 1.81. The van der Waals surface area contributed by atoms with Crippen LogP contribution < -0.4 is 10.1 Å². The van der Waals surface area contributed by atoms with E-state index >= 15 is 0 Å². The first-order valence-corrected chi connectivity index (χ1v) is 8.76. The smallest absolute Gasteiger partial charge is 0.224 e. The Kier molecular flexibility index (Phi) is 6.57. The Balaban J connectivity index is 1.52. The van der Waals surface area contributed by atoms with E-state index in [0.717, 1.165) is 23.4 Å². The molecule has 1 aromatic carbocycles. The number of carbonyl (C=O) groups excluding carboxylic acids is 1. The first-order chi connectivity index (χ1) is 12.7. The molecule has 6 nitrogen and oxygen atoms in total. The molecule has 1 aliphatic heterocycles. The number of rotatable bonds is 7. The number of aromatic nitrogens is 1. The van der Waals surface area contributed by atoms with Crippen molar-refractivity contribution >= 4 is 5.91 Å². The molecule has 2 heterocycles. The highest BCUT2D eigenvalue weighted by molar-refractivity contribution is 5.79. The van der Waals surface area contributed by atoms with Gasteiger partial charge in [0.25, 0.3) is 0 Å². The molecule has 0 bridgehead atoms. The van der Waals surface area contributed by atoms with Crippen molar-refractivity contribution in [3.8, 4) is 5.75 Å². The molecule has 3 rings (SSSR count). The molecule has 26 heavy (non-hydrogen) atoms. The quantitative estimate of drug-likeness (QED) is 0.823. The van der Waals surface area contributed by atoms with Gasteiger partial charge in [0, 0.05) is 12.8 Å². The molecule has 0 unspecified atom stereocenters. The van der Waals surface area contributed by atoms with Crippen LogP contribution in [0.25, 0.3) is 0 Å². The van der Waals surface area contributed by atoms with Crippen LogP contribution in [0.2, 0.25) is 0 Å². The van der Waals surface area contributed by atoms with E-state index in [0.29, 0.717) is 26.2 Å². The normalized spacial score (nSPS) is 19.7. The Hall–Kier alpha value is -2.44. The minimum atomic E-state index is -0.154. The highest BCUT2D eigenvalue weighted by Gasteiger charge is 2.28. The lowest BCUT2D eigenvalue weighted by Crippen LogP contribution is -2.50. The number of ether oxygens (including phenoxy) is 3. The average Bonchev–Trinajstić information content (AvgIpc) is 2.68. The van der Waals surface area contributed by atoms with Crippen LogP contribution in [0.1, 0.15) is 17.7 Å². The van der Waals surface area contributed by atoms with Crippen LogP contribution in [-0.4, -0.2) is 43.4 Å². The summed E-state index contributed by atoms with van der Waals surface area (Å²) in [6.45, 7) is 1.52. The summed E-state index contributed by atoms with van der Waals surface area (Å²) in [6.07, 6.45) is 2.73. The van der Waals surface area contributed by atoms with Gasteiger partial charge in [-0.05, 0) is 36.2 Å². The predicted molar refractivity (Wildman–Crippen MR) is 96.9 cm³/mol. The third kappa shape index (κ3) is 5.28. The molecule has 2 atom stereocenters. The Morgan fingerprint density at radius 2 is 2.12 bits per heavy atom. The van der Waals surface area contributed by atoms with E-state index in [2.05, 4.69) is 10.3 Å². The number of hydrogen-bond acceptors (Lipinski definition) is 5. The maximum atomic E-state index is 12.4. The topological polar surface area (TPSA) is 69.7 Å². The van der Waals surface area contributed by atoms with E-state index in [1.165, 1.54) is 0 Å². The fraction of sp³-hybridized carbons (Fsp3) is 0.400. The fourth-order valence-corrected chi connectivity index (χ4v) is 2.91. The standard InChI is InChI=1S/C20H24N2O4/c1-24-17-7-5-15(6-8-17)12-20(23)22-18-14-25-11-9-19(18)26-13-16-4-2-3-10-21-16/h2-8,10,18-19H,9,11-14H2,1H3,(H,22,23)/t18-,19-/m1/s1. The van der Waals surface area contributed by atoms with Crippen molar-refractivity contribution in [2.24, 2.45) is 0 Å². The highest BCUT2D eigenvalue weighted by Crippen LogP contribution is 2.15. The monoisotopic (exact) mass is 356 g/mol. The molecular formula is C20H24N2O4. The zero-order chi connectivity index (χ0) is 18.2. The lowest BCUT2D eigenvalue weighted by Gasteiger charge is -2.32. The second kappa shape index (κ2) is 9.31. The van der Waals surface area contributed by atoms with Gasteiger partial charge in [-0.2, -0.15) is 0 Å². The number of hydrogen-bond donors (Lipinski definition) is 1. The summed E-state index contributed by atoms with van der Waals surface area (Å²) in [5, 5.41) is 3.04. The van der Waals surface area contributed by atoms with Crippen molar-refractivity contribution in [2.45, 2.75) is 31.6 Å². The van der Waals surface area contributed by atoms with E-state index in [4.69, 9.17) is 14.2 Å². The van der Waals surface area contributed by atoms with Crippen LogP contribution in [0.15, 0.2) is 48.7 Å². The molecule has 1 saturated heterocycles. The van der Waals surface area contributed by atoms with Gasteiger partial charge in [0.2, 0.25) is 5.91 Å². The molecular weight excluding hydrogens is 332 g/mol. The molecule has 1 amide bonds. The van der Waals surface area contributed by atoms with E-state index in [1.54, 1.807) is 13.3 Å². The van der Waals surface area contributed by atoms with Crippen molar-refractivity contribution in [1.29, 1.82) is 0 Å². The van der Waals surface area contributed by atoms with Gasteiger partial charge in [0.1, 0.15) is 5.75 Å². The molecule has 6 heteroatoms. The minimum absolute atomic E-state index is 0.0443. The highest BCUT2D eigenvalue weighted by atomic mass is 16.5. The number of nitrogens with zero attached hydrogens (tertiary/aromatic N) is 1. The minimum Gasteiger partial charge on any atom is -0.497 e. The number of pyridine rings is 1. The van der Waals surface area contributed by atoms with Gasteiger partial charge in [-0.3, -0.25) is 9.78 Å². The predicted octanol–water partition coefficient (Wildman–Crippen LogP) is 2.12. The molecule has 0 aliphatic carbocycles. The molecule has 2 aromatic rings. The largest absolute Gasteiger partial charge is 0.497 e. The molecule has 0 spiro atoms. The lowest BCUT2D eigenvalue weighted by atomic mass is 10.1. The van der Waals surface area contributed by atoms with Crippen molar-refractivity contribution in [2.75, 3.05) is 20.3 Å². The van der Waals surface area contributed by atoms with Crippen molar-refractivity contribution in [3.63, 3.8) is 0 Å². The van der Waals surface area contributed by atoms with Crippen LogP contribution >= 0.6 is 0 Å². The second-order valence-electron chi connectivity index (χ2n) is 6.23. The van der Waals surface area contributed by atoms with Gasteiger partial charge in [-0.1, -0.05) is 18.2 Å². The van der Waals surface area contributed by atoms with Gasteiger partial charge in [0.15, 0.2) is 0 Å². The Morgan fingerprint density at radius 1 is 1.27 bits per heavy atom. The molecule has 1 N–H and O–H groups in total. The summed E-state index contributed by atoms with van der Waals surface area (Å²) in [4.78, 5) is 16.7. The zero-order valence-electron chi connectivity index (χ0n) is 14.9. The number of carbonyl (C=O) groups is 1. The second-order valence-corrected chi connectivity index (χ2v) is 6.23. The first-order valence-electron chi connectivity index (χ1n) is 8.76. The molecule has 0 radical (unpaired) electrons. The third-order valence-corrected chi connectivity index (χ3v) is 4.33. The van der Waals surface area contributed by atoms with Gasteiger partial charge < -0.3 is 19.5 Å². The van der Waals surface area contributed by atoms with Crippen LogP contribution in [-0.2, 0) is 27.3 Å². The number of amides is 1. The van der Waals surface area contributed by atoms with Gasteiger partial charge in [0.05, 0.1) is 44.6 Å². The number of nitrogens with one attached hydrogen (secondary N) is 1. The maximum Gasteiger partial charge on any atom is 0.224 e. The Bertz CT molecular complexity index is 691. The van der Waals surface area contributed by atoms with E-state index in [-0.39, 0.29) is 18.1 Å². The van der Waals surface area contributed by atoms with Crippen LogP contribution in [0.5, 0.6) is 5.75 Å². The van der Waals surface area contributed by atoms with Crippen LogP contribution in [0.4, 0.5) is 0 Å². The first kappa shape index (κ1) is 18.4. The van der Waals surface area contributed by atoms with E-state index < -0.39 is 0 Å². The third-order valence-electron chi connectivity index (χ3n) is 4.33. The van der Waals surface area contributed by atoms with Crippen molar-refractivity contribution < 1.29 is 19.0 Å². The Morgan fingerprint density at radius 3 is 2.85 bits per heavy atom. The molecule has 138 valence electrons. The van der Waals surface area contributed by atoms with Gasteiger partial charge in [-0.25, -0.2) is 0 Å². The van der Waals surface area contributed by atoms with E-state index in [1.807, 2.05) is 42.5 Å². The van der Waals surface area contributed by atoms with Crippen LogP contribution in [0.3, 0.4) is 0 Å². The molecule has 1 fully saturated rings. The SMILES string of the molecule is COc1ccc(CC(=O)N[C@@H]2COCC[C@H]2OCc2ccccn2)cc1. The average molecular weight is 356 g/mol. The molecule has 0 saturated carbocycles.